The van der Waals surface area contributed by atoms with Crippen LogP contribution in [0.25, 0.3) is 0 Å². The first-order valence-electron chi connectivity index (χ1n) is 6.75. The van der Waals surface area contributed by atoms with Crippen molar-refractivity contribution in [2.24, 2.45) is 0 Å². The molecule has 1 aromatic heterocycles. The number of nitrogens with one attached hydrogen (secondary N) is 1. The molecule has 0 aliphatic rings. The molecule has 3 heteroatoms. The Balaban J connectivity index is 2.46. The van der Waals surface area contributed by atoms with Gasteiger partial charge in [0.15, 0.2) is 0 Å². The minimum Gasteiger partial charge on any atom is -0.466 e. The highest BCUT2D eigenvalue weighted by molar-refractivity contribution is 9.10. The Morgan fingerprint density at radius 2 is 2.06 bits per heavy atom. The van der Waals surface area contributed by atoms with E-state index < -0.39 is 0 Å². The van der Waals surface area contributed by atoms with E-state index in [-0.39, 0.29) is 0 Å². The van der Waals surface area contributed by atoms with E-state index >= 15 is 0 Å². The molecule has 0 aromatic carbocycles. The topological polar surface area (TPSA) is 25.2 Å². The molecule has 98 valence electrons. The van der Waals surface area contributed by atoms with E-state index in [0.29, 0.717) is 6.04 Å². The zero-order chi connectivity index (χ0) is 12.5. The first kappa shape index (κ1) is 14.8. The molecule has 0 bridgehead atoms. The summed E-state index contributed by atoms with van der Waals surface area (Å²) in [7, 11) is 0. The van der Waals surface area contributed by atoms with Crippen LogP contribution in [-0.2, 0) is 0 Å². The third-order valence-corrected chi connectivity index (χ3v) is 3.60. The monoisotopic (exact) mass is 301 g/mol. The predicted molar refractivity (Wildman–Crippen MR) is 76.2 cm³/mol. The van der Waals surface area contributed by atoms with Crippen LogP contribution in [0, 0.1) is 0 Å². The fraction of sp³-hybridized carbons (Fsp3) is 0.714. The van der Waals surface area contributed by atoms with Crippen LogP contribution in [0.15, 0.2) is 21.2 Å². The fourth-order valence-corrected chi connectivity index (χ4v) is 2.45. The fourth-order valence-electron chi connectivity index (χ4n) is 1.97. The van der Waals surface area contributed by atoms with E-state index in [1.165, 1.54) is 25.7 Å². The molecule has 1 atom stereocenters. The summed E-state index contributed by atoms with van der Waals surface area (Å²) in [6.45, 7) is 5.49. The minimum absolute atomic E-state index is 0.358. The average molecular weight is 302 g/mol. The van der Waals surface area contributed by atoms with Crippen LogP contribution >= 0.6 is 15.9 Å². The second-order valence-electron chi connectivity index (χ2n) is 4.49. The second-order valence-corrected chi connectivity index (χ2v) is 5.34. The van der Waals surface area contributed by atoms with Gasteiger partial charge >= 0.3 is 0 Å². The quantitative estimate of drug-likeness (QED) is 0.645. The minimum atomic E-state index is 0.358. The number of halogens is 1. The van der Waals surface area contributed by atoms with E-state index in [1.807, 2.05) is 6.07 Å². The van der Waals surface area contributed by atoms with Crippen LogP contribution in [0.3, 0.4) is 0 Å². The third kappa shape index (κ3) is 5.26. The third-order valence-electron chi connectivity index (χ3n) is 2.95. The van der Waals surface area contributed by atoms with Gasteiger partial charge in [0.25, 0.3) is 0 Å². The molecule has 1 rings (SSSR count). The molecule has 0 saturated heterocycles. The van der Waals surface area contributed by atoms with Crippen molar-refractivity contribution in [2.45, 2.75) is 58.4 Å². The molecule has 0 aliphatic carbocycles. The summed E-state index contributed by atoms with van der Waals surface area (Å²) in [6, 6.07) is 2.33. The van der Waals surface area contributed by atoms with E-state index in [0.717, 1.165) is 29.6 Å². The van der Waals surface area contributed by atoms with Crippen molar-refractivity contribution in [1.29, 1.82) is 0 Å². The van der Waals surface area contributed by atoms with Gasteiger partial charge < -0.3 is 9.73 Å². The summed E-state index contributed by atoms with van der Waals surface area (Å²) in [5.74, 6) is 1.05. The Labute approximate surface area is 113 Å². The molecular formula is C14H24BrNO. The first-order chi connectivity index (χ1) is 8.29. The van der Waals surface area contributed by atoms with Gasteiger partial charge in [-0.1, -0.05) is 39.5 Å². The van der Waals surface area contributed by atoms with Crippen molar-refractivity contribution < 1.29 is 4.42 Å². The molecule has 2 nitrogen and oxygen atoms in total. The Morgan fingerprint density at radius 3 is 2.65 bits per heavy atom. The van der Waals surface area contributed by atoms with Gasteiger partial charge in [0.2, 0.25) is 0 Å². The van der Waals surface area contributed by atoms with Gasteiger partial charge in [0.1, 0.15) is 5.76 Å². The number of hydrogen-bond donors (Lipinski definition) is 1. The molecule has 0 spiro atoms. The molecule has 0 radical (unpaired) electrons. The van der Waals surface area contributed by atoms with Crippen molar-refractivity contribution in [1.82, 2.24) is 5.32 Å². The van der Waals surface area contributed by atoms with Crippen LogP contribution in [0.2, 0.25) is 0 Å². The molecule has 0 amide bonds. The summed E-state index contributed by atoms with van der Waals surface area (Å²) < 4.78 is 6.66. The van der Waals surface area contributed by atoms with Gasteiger partial charge in [-0.25, -0.2) is 0 Å². The SMILES string of the molecule is CCCCCCC(NCCC)c1occc1Br. The van der Waals surface area contributed by atoms with E-state index in [9.17, 15) is 0 Å². The molecule has 1 N–H and O–H groups in total. The van der Waals surface area contributed by atoms with E-state index in [4.69, 9.17) is 4.42 Å². The van der Waals surface area contributed by atoms with Gasteiger partial charge in [-0.15, -0.1) is 0 Å². The van der Waals surface area contributed by atoms with Gasteiger partial charge in [-0.05, 0) is 41.4 Å². The Kier molecular flexibility index (Phi) is 7.62. The molecule has 1 aromatic rings. The van der Waals surface area contributed by atoms with Crippen molar-refractivity contribution in [3.8, 4) is 0 Å². The lowest BCUT2D eigenvalue weighted by Crippen LogP contribution is -2.22. The lowest BCUT2D eigenvalue weighted by Gasteiger charge is -2.16. The molecular weight excluding hydrogens is 278 g/mol. The average Bonchev–Trinajstić information content (AvgIpc) is 2.75. The summed E-state index contributed by atoms with van der Waals surface area (Å²) in [5.41, 5.74) is 0. The van der Waals surface area contributed by atoms with Gasteiger partial charge in [-0.2, -0.15) is 0 Å². The first-order valence-corrected chi connectivity index (χ1v) is 7.55. The summed E-state index contributed by atoms with van der Waals surface area (Å²) >= 11 is 3.55. The zero-order valence-electron chi connectivity index (χ0n) is 11.0. The normalized spacial score (nSPS) is 12.9. The zero-order valence-corrected chi connectivity index (χ0v) is 12.6. The van der Waals surface area contributed by atoms with Crippen molar-refractivity contribution in [3.05, 3.63) is 22.6 Å². The van der Waals surface area contributed by atoms with Gasteiger partial charge in [0, 0.05) is 0 Å². The summed E-state index contributed by atoms with van der Waals surface area (Å²) in [5, 5.41) is 3.57. The molecule has 0 saturated carbocycles. The van der Waals surface area contributed by atoms with Crippen molar-refractivity contribution in [2.75, 3.05) is 6.54 Å². The lowest BCUT2D eigenvalue weighted by molar-refractivity contribution is 0.382. The molecule has 1 heterocycles. The van der Waals surface area contributed by atoms with Gasteiger partial charge in [0.05, 0.1) is 16.8 Å². The van der Waals surface area contributed by atoms with Crippen LogP contribution in [0.5, 0.6) is 0 Å². The Morgan fingerprint density at radius 1 is 1.24 bits per heavy atom. The summed E-state index contributed by atoms with van der Waals surface area (Å²) in [6.07, 6.45) is 9.28. The number of furan rings is 1. The largest absolute Gasteiger partial charge is 0.466 e. The molecule has 0 fully saturated rings. The predicted octanol–water partition coefficient (Wildman–Crippen LogP) is 5.05. The van der Waals surface area contributed by atoms with Crippen molar-refractivity contribution >= 4 is 15.9 Å². The van der Waals surface area contributed by atoms with Gasteiger partial charge in [-0.3, -0.25) is 0 Å². The van der Waals surface area contributed by atoms with Crippen molar-refractivity contribution in [3.63, 3.8) is 0 Å². The van der Waals surface area contributed by atoms with Crippen LogP contribution < -0.4 is 5.32 Å². The standard InChI is InChI=1S/C14H24BrNO/c1-3-5-6-7-8-13(16-10-4-2)14-12(15)9-11-17-14/h9,11,13,16H,3-8,10H2,1-2H3. The Hall–Kier alpha value is -0.280. The Bertz CT molecular complexity index is 298. The number of hydrogen-bond acceptors (Lipinski definition) is 2. The van der Waals surface area contributed by atoms with E-state index in [1.54, 1.807) is 6.26 Å². The highest BCUT2D eigenvalue weighted by Crippen LogP contribution is 2.28. The maximum absolute atomic E-state index is 5.57. The molecule has 0 aliphatic heterocycles. The number of rotatable bonds is 9. The maximum atomic E-state index is 5.57. The highest BCUT2D eigenvalue weighted by Gasteiger charge is 2.16. The lowest BCUT2D eigenvalue weighted by atomic mass is 10.1. The highest BCUT2D eigenvalue weighted by atomic mass is 79.9. The second kappa shape index (κ2) is 8.76. The van der Waals surface area contributed by atoms with E-state index in [2.05, 4.69) is 35.1 Å². The smallest absolute Gasteiger partial charge is 0.134 e. The maximum Gasteiger partial charge on any atom is 0.134 e. The van der Waals surface area contributed by atoms with Crippen LogP contribution in [0.1, 0.15) is 64.2 Å². The molecule has 17 heavy (non-hydrogen) atoms. The number of unbranched alkanes of at least 4 members (excludes halogenated alkanes) is 3. The van der Waals surface area contributed by atoms with Crippen LogP contribution in [-0.4, -0.2) is 6.54 Å². The van der Waals surface area contributed by atoms with Crippen LogP contribution in [0.4, 0.5) is 0 Å². The summed E-state index contributed by atoms with van der Waals surface area (Å²) in [4.78, 5) is 0. The molecule has 1 unspecified atom stereocenters.